The van der Waals surface area contributed by atoms with E-state index in [4.69, 9.17) is 9.84 Å². The highest BCUT2D eigenvalue weighted by Crippen LogP contribution is 2.12. The van der Waals surface area contributed by atoms with Gasteiger partial charge in [-0.15, -0.1) is 0 Å². The Morgan fingerprint density at radius 1 is 1.13 bits per heavy atom. The van der Waals surface area contributed by atoms with Gasteiger partial charge in [-0.3, -0.25) is 9.59 Å². The first-order valence-electron chi connectivity index (χ1n) is 7.45. The summed E-state index contributed by atoms with van der Waals surface area (Å²) in [6.07, 6.45) is -0.170. The third kappa shape index (κ3) is 7.99. The molecule has 0 aliphatic rings. The normalized spacial score (nSPS) is 12.3. The maximum absolute atomic E-state index is 12.3. The fraction of sp³-hybridized carbons (Fsp3) is 0.471. The van der Waals surface area contributed by atoms with Crippen molar-refractivity contribution >= 4 is 17.8 Å². The van der Waals surface area contributed by atoms with Crippen LogP contribution >= 0.6 is 0 Å². The van der Waals surface area contributed by atoms with Gasteiger partial charge in [-0.2, -0.15) is 0 Å². The lowest BCUT2D eigenvalue weighted by Crippen LogP contribution is -2.45. The Balaban J connectivity index is 2.77. The second-order valence-electron chi connectivity index (χ2n) is 6.24. The number of carbonyl (C=O) groups excluding carboxylic acids is 2. The van der Waals surface area contributed by atoms with Crippen LogP contribution < -0.4 is 5.32 Å². The summed E-state index contributed by atoms with van der Waals surface area (Å²) in [5, 5.41) is 11.2. The topological polar surface area (TPSA) is 92.7 Å². The summed E-state index contributed by atoms with van der Waals surface area (Å²) < 4.78 is 5.33. The highest BCUT2D eigenvalue weighted by molar-refractivity contribution is 5.86. The van der Waals surface area contributed by atoms with Crippen LogP contribution in [0.2, 0.25) is 0 Å². The molecule has 1 aromatic rings. The standard InChI is InChI=1S/C17H23NO5/c1-17(2,3)23-16(22)13(11-12-7-5-4-6-8-12)18-14(19)9-10-15(20)21/h4-8,13H,9-11H2,1-3H3,(H,18,19)(H,20,21)/t13-/m0/s1. The van der Waals surface area contributed by atoms with Crippen LogP contribution in [0.4, 0.5) is 0 Å². The zero-order chi connectivity index (χ0) is 17.5. The molecule has 0 saturated carbocycles. The van der Waals surface area contributed by atoms with Gasteiger partial charge in [0.15, 0.2) is 0 Å². The van der Waals surface area contributed by atoms with E-state index in [1.165, 1.54) is 0 Å². The van der Waals surface area contributed by atoms with Gasteiger partial charge in [0.05, 0.1) is 6.42 Å². The van der Waals surface area contributed by atoms with E-state index >= 15 is 0 Å². The zero-order valence-corrected chi connectivity index (χ0v) is 13.7. The molecule has 1 aromatic carbocycles. The van der Waals surface area contributed by atoms with Crippen molar-refractivity contribution in [3.8, 4) is 0 Å². The Morgan fingerprint density at radius 3 is 2.26 bits per heavy atom. The first kappa shape index (κ1) is 18.7. The summed E-state index contributed by atoms with van der Waals surface area (Å²) in [5.41, 5.74) is 0.208. The first-order valence-corrected chi connectivity index (χ1v) is 7.45. The molecule has 1 amide bonds. The lowest BCUT2D eigenvalue weighted by Gasteiger charge is -2.24. The van der Waals surface area contributed by atoms with Crippen molar-refractivity contribution in [1.29, 1.82) is 0 Å². The number of hydrogen-bond acceptors (Lipinski definition) is 4. The van der Waals surface area contributed by atoms with Crippen molar-refractivity contribution in [1.82, 2.24) is 5.32 Å². The maximum atomic E-state index is 12.3. The summed E-state index contributed by atoms with van der Waals surface area (Å²) in [7, 11) is 0. The predicted molar refractivity (Wildman–Crippen MR) is 84.8 cm³/mol. The van der Waals surface area contributed by atoms with E-state index in [-0.39, 0.29) is 19.3 Å². The summed E-state index contributed by atoms with van der Waals surface area (Å²) in [6, 6.07) is 8.39. The molecule has 1 atom stereocenters. The molecule has 0 spiro atoms. The van der Waals surface area contributed by atoms with Crippen LogP contribution in [-0.2, 0) is 25.5 Å². The van der Waals surface area contributed by atoms with E-state index in [2.05, 4.69) is 5.32 Å². The maximum Gasteiger partial charge on any atom is 0.329 e. The van der Waals surface area contributed by atoms with Gasteiger partial charge in [0.2, 0.25) is 5.91 Å². The number of carbonyl (C=O) groups is 3. The van der Waals surface area contributed by atoms with Gasteiger partial charge in [0, 0.05) is 12.8 Å². The Bertz CT molecular complexity index is 548. The minimum Gasteiger partial charge on any atom is -0.481 e. The molecular weight excluding hydrogens is 298 g/mol. The molecule has 126 valence electrons. The molecule has 0 heterocycles. The molecule has 0 radical (unpaired) electrons. The van der Waals surface area contributed by atoms with E-state index < -0.39 is 29.5 Å². The molecule has 6 nitrogen and oxygen atoms in total. The van der Waals surface area contributed by atoms with Gasteiger partial charge in [-0.25, -0.2) is 4.79 Å². The molecule has 1 rings (SSSR count). The fourth-order valence-electron chi connectivity index (χ4n) is 1.90. The van der Waals surface area contributed by atoms with Gasteiger partial charge in [-0.05, 0) is 26.3 Å². The first-order chi connectivity index (χ1) is 10.7. The number of carboxylic acids is 1. The van der Waals surface area contributed by atoms with Gasteiger partial charge in [-0.1, -0.05) is 30.3 Å². The molecule has 0 saturated heterocycles. The number of rotatable bonds is 7. The lowest BCUT2D eigenvalue weighted by atomic mass is 10.1. The van der Waals surface area contributed by atoms with Crippen LogP contribution in [0.5, 0.6) is 0 Å². The molecular formula is C17H23NO5. The largest absolute Gasteiger partial charge is 0.481 e. The van der Waals surface area contributed by atoms with Crippen LogP contribution in [-0.4, -0.2) is 34.6 Å². The van der Waals surface area contributed by atoms with Crippen molar-refractivity contribution in [3.63, 3.8) is 0 Å². The molecule has 6 heteroatoms. The third-order valence-electron chi connectivity index (χ3n) is 2.88. The molecule has 0 bridgehead atoms. The molecule has 23 heavy (non-hydrogen) atoms. The third-order valence-corrected chi connectivity index (χ3v) is 2.88. The van der Waals surface area contributed by atoms with Crippen molar-refractivity contribution in [3.05, 3.63) is 35.9 Å². The summed E-state index contributed by atoms with van der Waals surface area (Å²) >= 11 is 0. The fourth-order valence-corrected chi connectivity index (χ4v) is 1.90. The van der Waals surface area contributed by atoms with Gasteiger partial charge in [0.1, 0.15) is 11.6 Å². The summed E-state index contributed by atoms with van der Waals surface area (Å²) in [4.78, 5) is 34.6. The lowest BCUT2D eigenvalue weighted by molar-refractivity contribution is -0.158. The minimum absolute atomic E-state index is 0.177. The minimum atomic E-state index is -1.06. The monoisotopic (exact) mass is 321 g/mol. The number of amides is 1. The molecule has 0 unspecified atom stereocenters. The molecule has 0 aliphatic carbocycles. The van der Waals surface area contributed by atoms with Crippen LogP contribution in [0, 0.1) is 0 Å². The highest BCUT2D eigenvalue weighted by Gasteiger charge is 2.27. The molecule has 0 fully saturated rings. The summed E-state index contributed by atoms with van der Waals surface area (Å²) in [6.45, 7) is 5.24. The SMILES string of the molecule is CC(C)(C)OC(=O)[C@H](Cc1ccccc1)NC(=O)CCC(=O)O. The molecule has 2 N–H and O–H groups in total. The Kier molecular flexibility index (Phi) is 6.75. The van der Waals surface area contributed by atoms with Crippen molar-refractivity contribution in [2.24, 2.45) is 0 Å². The number of esters is 1. The average molecular weight is 321 g/mol. The van der Waals surface area contributed by atoms with Crippen LogP contribution in [0.1, 0.15) is 39.2 Å². The number of carboxylic acid groups (broad SMARTS) is 1. The number of nitrogens with one attached hydrogen (secondary N) is 1. The van der Waals surface area contributed by atoms with E-state index in [9.17, 15) is 14.4 Å². The number of ether oxygens (including phenoxy) is 1. The average Bonchev–Trinajstić information content (AvgIpc) is 2.43. The Hall–Kier alpha value is -2.37. The van der Waals surface area contributed by atoms with Gasteiger partial charge in [0.25, 0.3) is 0 Å². The van der Waals surface area contributed by atoms with E-state index in [0.29, 0.717) is 0 Å². The second kappa shape index (κ2) is 8.31. The van der Waals surface area contributed by atoms with Crippen LogP contribution in [0.25, 0.3) is 0 Å². The van der Waals surface area contributed by atoms with Gasteiger partial charge < -0.3 is 15.2 Å². The smallest absolute Gasteiger partial charge is 0.329 e. The highest BCUT2D eigenvalue weighted by atomic mass is 16.6. The number of aliphatic carboxylic acids is 1. The van der Waals surface area contributed by atoms with Crippen molar-refractivity contribution in [2.45, 2.75) is 51.7 Å². The Labute approximate surface area is 135 Å². The molecule has 0 aliphatic heterocycles. The van der Waals surface area contributed by atoms with Crippen LogP contribution in [0.15, 0.2) is 30.3 Å². The van der Waals surface area contributed by atoms with E-state index in [0.717, 1.165) is 5.56 Å². The zero-order valence-electron chi connectivity index (χ0n) is 13.7. The number of benzene rings is 1. The van der Waals surface area contributed by atoms with Gasteiger partial charge >= 0.3 is 11.9 Å². The molecule has 0 aromatic heterocycles. The quantitative estimate of drug-likeness (QED) is 0.749. The second-order valence-corrected chi connectivity index (χ2v) is 6.24. The van der Waals surface area contributed by atoms with Crippen molar-refractivity contribution < 1.29 is 24.2 Å². The van der Waals surface area contributed by atoms with Crippen molar-refractivity contribution in [2.75, 3.05) is 0 Å². The number of hydrogen-bond donors (Lipinski definition) is 2. The van der Waals surface area contributed by atoms with Crippen LogP contribution in [0.3, 0.4) is 0 Å². The predicted octanol–water partition coefficient (Wildman–Crippen LogP) is 1.92. The Morgan fingerprint density at radius 2 is 1.74 bits per heavy atom. The van der Waals surface area contributed by atoms with E-state index in [1.807, 2.05) is 30.3 Å². The van der Waals surface area contributed by atoms with E-state index in [1.54, 1.807) is 20.8 Å². The summed E-state index contributed by atoms with van der Waals surface area (Å²) in [5.74, 6) is -2.08.